The Bertz CT molecular complexity index is 342. The summed E-state index contributed by atoms with van der Waals surface area (Å²) in [6.07, 6.45) is 6.24. The molecule has 2 rings (SSSR count). The molecule has 2 fully saturated rings. The van der Waals surface area contributed by atoms with E-state index in [1.165, 1.54) is 12.8 Å². The van der Waals surface area contributed by atoms with Crippen molar-refractivity contribution in [2.45, 2.75) is 50.6 Å². The molecule has 5 heteroatoms. The lowest BCUT2D eigenvalue weighted by atomic mass is 9.84. The zero-order valence-corrected chi connectivity index (χ0v) is 11.1. The van der Waals surface area contributed by atoms with Gasteiger partial charge in [-0.15, -0.1) is 0 Å². The van der Waals surface area contributed by atoms with Gasteiger partial charge in [-0.3, -0.25) is 0 Å². The van der Waals surface area contributed by atoms with Crippen molar-refractivity contribution in [1.82, 2.24) is 5.32 Å². The van der Waals surface area contributed by atoms with E-state index in [2.05, 4.69) is 5.32 Å². The van der Waals surface area contributed by atoms with Gasteiger partial charge < -0.3 is 10.4 Å². The van der Waals surface area contributed by atoms with Crippen LogP contribution in [-0.4, -0.2) is 43.7 Å². The molecule has 1 aliphatic carbocycles. The molecular formula is C12H23NO3S. The Morgan fingerprint density at radius 3 is 2.59 bits per heavy atom. The molecule has 0 aromatic rings. The lowest BCUT2D eigenvalue weighted by molar-refractivity contribution is 0.146. The summed E-state index contributed by atoms with van der Waals surface area (Å²) in [5.74, 6) is 0.939. The molecule has 1 saturated heterocycles. The summed E-state index contributed by atoms with van der Waals surface area (Å²) < 4.78 is 23.1. The maximum Gasteiger partial charge on any atom is 0.151 e. The van der Waals surface area contributed by atoms with E-state index in [-0.39, 0.29) is 18.4 Å². The van der Waals surface area contributed by atoms with Crippen LogP contribution < -0.4 is 5.32 Å². The van der Waals surface area contributed by atoms with Crippen LogP contribution in [0.1, 0.15) is 38.5 Å². The molecule has 0 radical (unpaired) electrons. The van der Waals surface area contributed by atoms with Gasteiger partial charge in [0.2, 0.25) is 0 Å². The van der Waals surface area contributed by atoms with E-state index >= 15 is 0 Å². The van der Waals surface area contributed by atoms with Crippen LogP contribution in [0.5, 0.6) is 0 Å². The first kappa shape index (κ1) is 13.3. The zero-order chi connectivity index (χ0) is 12.3. The zero-order valence-electron chi connectivity index (χ0n) is 10.3. The fourth-order valence-electron chi connectivity index (χ4n) is 3.10. The first-order valence-corrected chi connectivity index (χ1v) is 8.50. The minimum atomic E-state index is -2.83. The van der Waals surface area contributed by atoms with E-state index < -0.39 is 9.84 Å². The van der Waals surface area contributed by atoms with Crippen molar-refractivity contribution in [3.05, 3.63) is 0 Å². The van der Waals surface area contributed by atoms with Crippen LogP contribution in [0, 0.1) is 5.92 Å². The summed E-state index contributed by atoms with van der Waals surface area (Å²) in [6, 6.07) is 0.415. The van der Waals surface area contributed by atoms with Crippen molar-refractivity contribution in [2.75, 3.05) is 18.1 Å². The molecule has 3 unspecified atom stereocenters. The van der Waals surface area contributed by atoms with E-state index in [4.69, 9.17) is 0 Å². The predicted octanol–water partition coefficient (Wildman–Crippen LogP) is 0.704. The lowest BCUT2D eigenvalue weighted by Crippen LogP contribution is -2.49. The highest BCUT2D eigenvalue weighted by Gasteiger charge is 2.30. The standard InChI is InChI=1S/C12H23NO3S/c14-8-10-4-1-2-6-12(10)13-11-5-3-7-17(15,16)9-11/h10-14H,1-9H2. The molecule has 1 aliphatic heterocycles. The molecule has 0 aromatic carbocycles. The van der Waals surface area contributed by atoms with Crippen molar-refractivity contribution in [3.63, 3.8) is 0 Å². The van der Waals surface area contributed by atoms with E-state index in [0.29, 0.717) is 17.7 Å². The van der Waals surface area contributed by atoms with E-state index in [9.17, 15) is 13.5 Å². The average molecular weight is 261 g/mol. The molecule has 0 aromatic heterocycles. The van der Waals surface area contributed by atoms with E-state index in [1.54, 1.807) is 0 Å². The van der Waals surface area contributed by atoms with Crippen molar-refractivity contribution >= 4 is 9.84 Å². The Kier molecular flexibility index (Phi) is 4.44. The quantitative estimate of drug-likeness (QED) is 0.785. The van der Waals surface area contributed by atoms with E-state index in [1.807, 2.05) is 0 Å². The molecular weight excluding hydrogens is 238 g/mol. The van der Waals surface area contributed by atoms with Gasteiger partial charge in [0.1, 0.15) is 0 Å². The SMILES string of the molecule is O=S1(=O)CCCC(NC2CCCCC2CO)C1. The number of hydrogen-bond acceptors (Lipinski definition) is 4. The van der Waals surface area contributed by atoms with Crippen LogP contribution in [0.25, 0.3) is 0 Å². The number of sulfone groups is 1. The van der Waals surface area contributed by atoms with Crippen LogP contribution in [0.2, 0.25) is 0 Å². The number of rotatable bonds is 3. The first-order valence-electron chi connectivity index (χ1n) is 6.68. The van der Waals surface area contributed by atoms with Crippen LogP contribution in [0.4, 0.5) is 0 Å². The highest BCUT2D eigenvalue weighted by atomic mass is 32.2. The summed E-state index contributed by atoms with van der Waals surface area (Å²) >= 11 is 0. The predicted molar refractivity (Wildman–Crippen MR) is 67.6 cm³/mol. The summed E-state index contributed by atoms with van der Waals surface area (Å²) in [5, 5.41) is 12.8. The fourth-order valence-corrected chi connectivity index (χ4v) is 4.75. The van der Waals surface area contributed by atoms with Gasteiger partial charge in [-0.1, -0.05) is 12.8 Å². The number of nitrogens with one attached hydrogen (secondary N) is 1. The minimum absolute atomic E-state index is 0.103. The van der Waals surface area contributed by atoms with E-state index in [0.717, 1.165) is 25.7 Å². The van der Waals surface area contributed by atoms with Gasteiger partial charge in [-0.2, -0.15) is 0 Å². The Morgan fingerprint density at radius 2 is 1.88 bits per heavy atom. The van der Waals surface area contributed by atoms with Crippen LogP contribution in [0.3, 0.4) is 0 Å². The van der Waals surface area contributed by atoms with Crippen molar-refractivity contribution in [2.24, 2.45) is 5.92 Å². The van der Waals surface area contributed by atoms with Crippen LogP contribution in [-0.2, 0) is 9.84 Å². The van der Waals surface area contributed by atoms with Gasteiger partial charge in [-0.05, 0) is 31.6 Å². The van der Waals surface area contributed by atoms with Crippen molar-refractivity contribution < 1.29 is 13.5 Å². The van der Waals surface area contributed by atoms with Crippen LogP contribution in [0.15, 0.2) is 0 Å². The third-order valence-electron chi connectivity index (χ3n) is 4.06. The molecule has 0 bridgehead atoms. The lowest BCUT2D eigenvalue weighted by Gasteiger charge is -2.35. The summed E-state index contributed by atoms with van der Waals surface area (Å²) in [5.41, 5.74) is 0. The van der Waals surface area contributed by atoms with Gasteiger partial charge in [0.25, 0.3) is 0 Å². The third kappa shape index (κ3) is 3.66. The molecule has 4 nitrogen and oxygen atoms in total. The summed E-state index contributed by atoms with van der Waals surface area (Å²) in [7, 11) is -2.83. The molecule has 1 saturated carbocycles. The van der Waals surface area contributed by atoms with Crippen LogP contribution >= 0.6 is 0 Å². The number of hydrogen-bond donors (Lipinski definition) is 2. The fraction of sp³-hybridized carbons (Fsp3) is 1.00. The second kappa shape index (κ2) is 5.67. The second-order valence-electron chi connectivity index (χ2n) is 5.45. The highest BCUT2D eigenvalue weighted by Crippen LogP contribution is 2.25. The first-order chi connectivity index (χ1) is 8.11. The molecule has 2 aliphatic rings. The molecule has 100 valence electrons. The normalized spacial score (nSPS) is 37.8. The molecule has 17 heavy (non-hydrogen) atoms. The molecule has 1 heterocycles. The Hall–Kier alpha value is -0.130. The maximum absolute atomic E-state index is 11.6. The van der Waals surface area contributed by atoms with Gasteiger partial charge in [-0.25, -0.2) is 8.42 Å². The molecule has 0 amide bonds. The number of aliphatic hydroxyl groups is 1. The topological polar surface area (TPSA) is 66.4 Å². The molecule has 2 N–H and O–H groups in total. The van der Waals surface area contributed by atoms with Crippen molar-refractivity contribution in [3.8, 4) is 0 Å². The number of aliphatic hydroxyl groups excluding tert-OH is 1. The third-order valence-corrected chi connectivity index (χ3v) is 5.88. The van der Waals surface area contributed by atoms with Gasteiger partial charge >= 0.3 is 0 Å². The minimum Gasteiger partial charge on any atom is -0.396 e. The van der Waals surface area contributed by atoms with Crippen molar-refractivity contribution in [1.29, 1.82) is 0 Å². The largest absolute Gasteiger partial charge is 0.396 e. The Morgan fingerprint density at radius 1 is 1.12 bits per heavy atom. The molecule has 3 atom stereocenters. The summed E-state index contributed by atoms with van der Waals surface area (Å²) in [6.45, 7) is 0.219. The average Bonchev–Trinajstić information content (AvgIpc) is 2.28. The van der Waals surface area contributed by atoms with Gasteiger partial charge in [0, 0.05) is 18.7 Å². The second-order valence-corrected chi connectivity index (χ2v) is 7.68. The Balaban J connectivity index is 1.90. The summed E-state index contributed by atoms with van der Waals surface area (Å²) in [4.78, 5) is 0. The van der Waals surface area contributed by atoms with Gasteiger partial charge in [0.15, 0.2) is 9.84 Å². The van der Waals surface area contributed by atoms with Gasteiger partial charge in [0.05, 0.1) is 11.5 Å². The maximum atomic E-state index is 11.6. The smallest absolute Gasteiger partial charge is 0.151 e. The Labute approximate surface area is 104 Å². The highest BCUT2D eigenvalue weighted by molar-refractivity contribution is 7.91. The molecule has 0 spiro atoms. The monoisotopic (exact) mass is 261 g/mol.